The highest BCUT2D eigenvalue weighted by Crippen LogP contribution is 2.56. The fourth-order valence-electron chi connectivity index (χ4n) is 9.93. The number of fused-ring (bicyclic) bond motifs is 9. The van der Waals surface area contributed by atoms with Crippen LogP contribution < -0.4 is 0 Å². The van der Waals surface area contributed by atoms with Crippen LogP contribution in [0.1, 0.15) is 22.3 Å². The maximum Gasteiger partial charge on any atom is 0.164 e. The smallest absolute Gasteiger partial charge is 0.164 e. The molecule has 1 heterocycles. The molecule has 284 valence electrons. The number of hydrogen-bond acceptors (Lipinski definition) is 3. The lowest BCUT2D eigenvalue weighted by Gasteiger charge is -2.33. The molecular weight excluding hydrogens is 739 g/mol. The predicted octanol–water partition coefficient (Wildman–Crippen LogP) is 14.4. The molecule has 0 unspecified atom stereocenters. The van der Waals surface area contributed by atoms with Gasteiger partial charge in [-0.05, 0) is 83.6 Å². The van der Waals surface area contributed by atoms with Crippen molar-refractivity contribution >= 4 is 32.3 Å². The molecule has 0 saturated heterocycles. The Hall–Kier alpha value is -8.01. The number of benzene rings is 10. The van der Waals surface area contributed by atoms with Gasteiger partial charge in [-0.2, -0.15) is 0 Å². The summed E-state index contributed by atoms with van der Waals surface area (Å²) in [5, 5.41) is 7.07. The molecule has 0 bridgehead atoms. The molecule has 12 rings (SSSR count). The SMILES string of the molecule is c1ccc(-c2nc(-c3ccccc3)nc(-c3cccc4c5ccccc5c5cc(-c6ccc7c(c6)-c6ccccc6C7(c6ccccc6)c6ccccc6)ccc5c34)n2)cc1. The van der Waals surface area contributed by atoms with Gasteiger partial charge in [0.15, 0.2) is 17.5 Å². The molecule has 1 aliphatic carbocycles. The summed E-state index contributed by atoms with van der Waals surface area (Å²) in [7, 11) is 0. The zero-order valence-electron chi connectivity index (χ0n) is 33.2. The topological polar surface area (TPSA) is 38.7 Å². The van der Waals surface area contributed by atoms with Crippen molar-refractivity contribution < 1.29 is 0 Å². The Morgan fingerprint density at radius 3 is 1.38 bits per heavy atom. The van der Waals surface area contributed by atoms with Crippen molar-refractivity contribution in [3.05, 3.63) is 247 Å². The highest BCUT2D eigenvalue weighted by atomic mass is 15.0. The van der Waals surface area contributed by atoms with Crippen LogP contribution in [0.25, 0.3) is 88.7 Å². The van der Waals surface area contributed by atoms with Gasteiger partial charge in [-0.25, -0.2) is 15.0 Å². The minimum atomic E-state index is -0.433. The van der Waals surface area contributed by atoms with Crippen molar-refractivity contribution in [1.29, 1.82) is 0 Å². The van der Waals surface area contributed by atoms with E-state index in [-0.39, 0.29) is 0 Å². The van der Waals surface area contributed by atoms with E-state index in [0.717, 1.165) is 27.5 Å². The zero-order chi connectivity index (χ0) is 40.3. The van der Waals surface area contributed by atoms with Crippen molar-refractivity contribution in [2.75, 3.05) is 0 Å². The standard InChI is InChI=1S/C58H37N3/c1-5-18-38(19-6-1)55-59-56(39-20-7-2-8-21-39)61-57(60-55)49-30-17-29-47-44-26-13-14-27-45(44)50-36-40(32-34-48(50)54(47)49)41-33-35-53-51(37-41)46-28-15-16-31-52(46)58(53,42-22-9-3-10-23-42)43-24-11-4-12-25-43/h1-37H. The van der Waals surface area contributed by atoms with E-state index in [1.165, 1.54) is 66.1 Å². The first-order valence-electron chi connectivity index (χ1n) is 20.9. The number of aromatic nitrogens is 3. The lowest BCUT2D eigenvalue weighted by atomic mass is 9.67. The van der Waals surface area contributed by atoms with E-state index in [4.69, 9.17) is 15.0 Å². The lowest BCUT2D eigenvalue weighted by Crippen LogP contribution is -2.28. The van der Waals surface area contributed by atoms with Crippen molar-refractivity contribution in [3.63, 3.8) is 0 Å². The molecule has 0 spiro atoms. The van der Waals surface area contributed by atoms with Crippen LogP contribution in [-0.4, -0.2) is 15.0 Å². The quantitative estimate of drug-likeness (QED) is 0.158. The third-order valence-corrected chi connectivity index (χ3v) is 12.6. The van der Waals surface area contributed by atoms with Gasteiger partial charge in [-0.1, -0.05) is 212 Å². The van der Waals surface area contributed by atoms with E-state index in [0.29, 0.717) is 17.5 Å². The Morgan fingerprint density at radius 2 is 0.721 bits per heavy atom. The average Bonchev–Trinajstić information content (AvgIpc) is 3.65. The van der Waals surface area contributed by atoms with Crippen LogP contribution in [-0.2, 0) is 5.41 Å². The zero-order valence-corrected chi connectivity index (χ0v) is 33.2. The molecule has 0 radical (unpaired) electrons. The Morgan fingerprint density at radius 1 is 0.262 bits per heavy atom. The predicted molar refractivity (Wildman–Crippen MR) is 251 cm³/mol. The summed E-state index contributed by atoms with van der Waals surface area (Å²) in [6, 6.07) is 80.7. The van der Waals surface area contributed by atoms with Gasteiger partial charge in [0.1, 0.15) is 0 Å². The molecule has 61 heavy (non-hydrogen) atoms. The maximum absolute atomic E-state index is 5.19. The second kappa shape index (κ2) is 14.1. The minimum Gasteiger partial charge on any atom is -0.208 e. The molecule has 10 aromatic carbocycles. The van der Waals surface area contributed by atoms with E-state index in [1.807, 2.05) is 36.4 Å². The summed E-state index contributed by atoms with van der Waals surface area (Å²) in [5.74, 6) is 1.95. The number of rotatable bonds is 6. The molecule has 0 aliphatic heterocycles. The van der Waals surface area contributed by atoms with Crippen LogP contribution in [0.3, 0.4) is 0 Å². The molecule has 3 nitrogen and oxygen atoms in total. The van der Waals surface area contributed by atoms with Gasteiger partial charge in [0.2, 0.25) is 0 Å². The third kappa shape index (κ3) is 5.48. The van der Waals surface area contributed by atoms with Crippen LogP contribution in [0, 0.1) is 0 Å². The number of nitrogens with zero attached hydrogens (tertiary/aromatic N) is 3. The van der Waals surface area contributed by atoms with E-state index in [1.54, 1.807) is 0 Å². The van der Waals surface area contributed by atoms with Gasteiger partial charge >= 0.3 is 0 Å². The first-order chi connectivity index (χ1) is 30.3. The largest absolute Gasteiger partial charge is 0.208 e. The Bertz CT molecular complexity index is 3360. The van der Waals surface area contributed by atoms with E-state index >= 15 is 0 Å². The summed E-state index contributed by atoms with van der Waals surface area (Å²) in [5.41, 5.74) is 12.5. The van der Waals surface area contributed by atoms with Gasteiger partial charge in [-0.15, -0.1) is 0 Å². The molecule has 0 N–H and O–H groups in total. The summed E-state index contributed by atoms with van der Waals surface area (Å²) in [6.45, 7) is 0. The average molecular weight is 776 g/mol. The molecule has 0 amide bonds. The Kier molecular flexibility index (Phi) is 8.07. The first kappa shape index (κ1) is 35.0. The normalized spacial score (nSPS) is 12.7. The maximum atomic E-state index is 5.19. The highest BCUT2D eigenvalue weighted by Gasteiger charge is 2.46. The highest BCUT2D eigenvalue weighted by molar-refractivity contribution is 6.28. The monoisotopic (exact) mass is 775 g/mol. The van der Waals surface area contributed by atoms with Gasteiger partial charge in [0.25, 0.3) is 0 Å². The fourth-order valence-corrected chi connectivity index (χ4v) is 9.93. The second-order valence-corrected chi connectivity index (χ2v) is 15.9. The lowest BCUT2D eigenvalue weighted by molar-refractivity contribution is 0.768. The summed E-state index contributed by atoms with van der Waals surface area (Å²) in [4.78, 5) is 15.4. The van der Waals surface area contributed by atoms with E-state index in [2.05, 4.69) is 188 Å². The molecule has 1 aromatic heterocycles. The van der Waals surface area contributed by atoms with Gasteiger partial charge in [-0.3, -0.25) is 0 Å². The van der Waals surface area contributed by atoms with Crippen LogP contribution >= 0.6 is 0 Å². The first-order valence-corrected chi connectivity index (χ1v) is 20.9. The van der Waals surface area contributed by atoms with Gasteiger partial charge < -0.3 is 0 Å². The molecule has 0 atom stereocenters. The Balaban J connectivity index is 1.08. The van der Waals surface area contributed by atoms with Crippen molar-refractivity contribution in [1.82, 2.24) is 15.0 Å². The van der Waals surface area contributed by atoms with Crippen LogP contribution in [0.15, 0.2) is 224 Å². The fraction of sp³-hybridized carbons (Fsp3) is 0.0172. The van der Waals surface area contributed by atoms with Crippen molar-refractivity contribution in [3.8, 4) is 56.4 Å². The molecule has 0 fully saturated rings. The summed E-state index contributed by atoms with van der Waals surface area (Å²) in [6.07, 6.45) is 0. The summed E-state index contributed by atoms with van der Waals surface area (Å²) >= 11 is 0. The van der Waals surface area contributed by atoms with Crippen LogP contribution in [0.2, 0.25) is 0 Å². The third-order valence-electron chi connectivity index (χ3n) is 12.6. The van der Waals surface area contributed by atoms with Crippen LogP contribution in [0.4, 0.5) is 0 Å². The second-order valence-electron chi connectivity index (χ2n) is 15.9. The molecule has 1 aliphatic rings. The molecule has 0 saturated carbocycles. The summed E-state index contributed by atoms with van der Waals surface area (Å²) < 4.78 is 0. The number of hydrogen-bond donors (Lipinski definition) is 0. The minimum absolute atomic E-state index is 0.433. The van der Waals surface area contributed by atoms with Crippen molar-refractivity contribution in [2.45, 2.75) is 5.41 Å². The van der Waals surface area contributed by atoms with Crippen molar-refractivity contribution in [2.24, 2.45) is 0 Å². The Labute approximate surface area is 354 Å². The van der Waals surface area contributed by atoms with E-state index < -0.39 is 5.41 Å². The van der Waals surface area contributed by atoms with Gasteiger partial charge in [0.05, 0.1) is 5.41 Å². The van der Waals surface area contributed by atoms with E-state index in [9.17, 15) is 0 Å². The van der Waals surface area contributed by atoms with Gasteiger partial charge in [0, 0.05) is 22.1 Å². The van der Waals surface area contributed by atoms with Crippen LogP contribution in [0.5, 0.6) is 0 Å². The molecule has 3 heteroatoms. The molecular formula is C58H37N3. The molecule has 11 aromatic rings.